The van der Waals surface area contributed by atoms with E-state index >= 15 is 0 Å². The van der Waals surface area contributed by atoms with Gasteiger partial charge < -0.3 is 15.0 Å². The van der Waals surface area contributed by atoms with E-state index in [0.29, 0.717) is 18.7 Å². The number of carbonyl (C=O) groups is 2. The van der Waals surface area contributed by atoms with E-state index in [-0.39, 0.29) is 18.4 Å². The van der Waals surface area contributed by atoms with Gasteiger partial charge in [-0.15, -0.1) is 0 Å². The van der Waals surface area contributed by atoms with Crippen LogP contribution in [-0.2, 0) is 9.53 Å². The molecule has 1 aliphatic heterocycles. The molecule has 0 saturated carbocycles. The van der Waals surface area contributed by atoms with Crippen molar-refractivity contribution < 1.29 is 14.3 Å². The number of nitrogens with zero attached hydrogens (tertiary/aromatic N) is 1. The molecule has 0 aromatic heterocycles. The standard InChI is InChI=1S/C13H15BrN2O3/c1-15-12(17)11-8-19-7-6-16(11)13(18)9-2-4-10(14)5-3-9/h2-5,11H,6-8H2,1H3,(H,15,17). The maximum Gasteiger partial charge on any atom is 0.254 e. The predicted octanol–water partition coefficient (Wildman–Crippen LogP) is 1.04. The summed E-state index contributed by atoms with van der Waals surface area (Å²) < 4.78 is 6.19. The molecule has 2 amide bonds. The number of benzene rings is 1. The van der Waals surface area contributed by atoms with Crippen LogP contribution in [0, 0.1) is 0 Å². The van der Waals surface area contributed by atoms with E-state index in [1.165, 1.54) is 0 Å². The molecular formula is C13H15BrN2O3. The Hall–Kier alpha value is -1.40. The highest BCUT2D eigenvalue weighted by Crippen LogP contribution is 2.15. The highest BCUT2D eigenvalue weighted by Gasteiger charge is 2.32. The molecule has 0 aliphatic carbocycles. The van der Waals surface area contributed by atoms with Crippen LogP contribution in [0.25, 0.3) is 0 Å². The zero-order valence-corrected chi connectivity index (χ0v) is 12.1. The van der Waals surface area contributed by atoms with E-state index in [4.69, 9.17) is 4.74 Å². The first kappa shape index (κ1) is 14.0. The number of likely N-dealkylation sites (N-methyl/N-ethyl adjacent to an activating group) is 1. The summed E-state index contributed by atoms with van der Waals surface area (Å²) >= 11 is 3.33. The largest absolute Gasteiger partial charge is 0.377 e. The van der Waals surface area contributed by atoms with Gasteiger partial charge in [-0.3, -0.25) is 9.59 Å². The van der Waals surface area contributed by atoms with Crippen LogP contribution in [0.1, 0.15) is 10.4 Å². The highest BCUT2D eigenvalue weighted by atomic mass is 79.9. The van der Waals surface area contributed by atoms with Crippen molar-refractivity contribution in [3.8, 4) is 0 Å². The van der Waals surface area contributed by atoms with Crippen molar-refractivity contribution in [3.05, 3.63) is 34.3 Å². The smallest absolute Gasteiger partial charge is 0.254 e. The molecule has 0 spiro atoms. The molecule has 5 nitrogen and oxygen atoms in total. The molecule has 6 heteroatoms. The van der Waals surface area contributed by atoms with Gasteiger partial charge in [0, 0.05) is 23.6 Å². The van der Waals surface area contributed by atoms with Crippen molar-refractivity contribution in [2.24, 2.45) is 0 Å². The van der Waals surface area contributed by atoms with Gasteiger partial charge in [0.2, 0.25) is 5.91 Å². The minimum absolute atomic E-state index is 0.149. The van der Waals surface area contributed by atoms with Crippen molar-refractivity contribution in [2.75, 3.05) is 26.8 Å². The third-order valence-corrected chi connectivity index (χ3v) is 3.56. The number of carbonyl (C=O) groups excluding carboxylic acids is 2. The molecule has 1 saturated heterocycles. The lowest BCUT2D eigenvalue weighted by atomic mass is 10.1. The number of morpholine rings is 1. The van der Waals surface area contributed by atoms with E-state index in [9.17, 15) is 9.59 Å². The molecule has 1 aliphatic rings. The van der Waals surface area contributed by atoms with E-state index in [2.05, 4.69) is 21.2 Å². The minimum Gasteiger partial charge on any atom is -0.377 e. The first-order chi connectivity index (χ1) is 9.13. The normalized spacial score (nSPS) is 19.1. The van der Waals surface area contributed by atoms with Crippen molar-refractivity contribution in [1.29, 1.82) is 0 Å². The zero-order chi connectivity index (χ0) is 13.8. The van der Waals surface area contributed by atoms with Crippen molar-refractivity contribution in [3.63, 3.8) is 0 Å². The molecule has 0 radical (unpaired) electrons. The van der Waals surface area contributed by atoms with Gasteiger partial charge in [-0.25, -0.2) is 0 Å². The van der Waals surface area contributed by atoms with Gasteiger partial charge >= 0.3 is 0 Å². The second-order valence-electron chi connectivity index (χ2n) is 4.21. The SMILES string of the molecule is CNC(=O)C1COCCN1C(=O)c1ccc(Br)cc1. The van der Waals surface area contributed by atoms with E-state index < -0.39 is 6.04 Å². The van der Waals surface area contributed by atoms with E-state index in [1.54, 1.807) is 24.1 Å². The van der Waals surface area contributed by atoms with Gasteiger partial charge in [0.25, 0.3) is 5.91 Å². The van der Waals surface area contributed by atoms with Crippen LogP contribution in [0.4, 0.5) is 0 Å². The number of amides is 2. The summed E-state index contributed by atoms with van der Waals surface area (Å²) in [6.45, 7) is 1.12. The molecule has 1 atom stereocenters. The van der Waals surface area contributed by atoms with Crippen LogP contribution >= 0.6 is 15.9 Å². The first-order valence-electron chi connectivity index (χ1n) is 5.99. The molecule has 0 bridgehead atoms. The summed E-state index contributed by atoms with van der Waals surface area (Å²) in [5.41, 5.74) is 0.569. The Morgan fingerprint density at radius 3 is 2.68 bits per heavy atom. The first-order valence-corrected chi connectivity index (χ1v) is 6.78. The summed E-state index contributed by atoms with van der Waals surface area (Å²) in [7, 11) is 1.55. The Labute approximate surface area is 120 Å². The van der Waals surface area contributed by atoms with Gasteiger partial charge in [-0.05, 0) is 24.3 Å². The molecule has 1 aromatic rings. The molecule has 102 valence electrons. The third-order valence-electron chi connectivity index (χ3n) is 3.03. The Kier molecular flexibility index (Phi) is 4.55. The van der Waals surface area contributed by atoms with Crippen molar-refractivity contribution in [2.45, 2.75) is 6.04 Å². The molecule has 1 aromatic carbocycles. The fourth-order valence-electron chi connectivity index (χ4n) is 1.99. The maximum atomic E-state index is 12.4. The molecular weight excluding hydrogens is 312 g/mol. The number of nitrogens with one attached hydrogen (secondary N) is 1. The second-order valence-corrected chi connectivity index (χ2v) is 5.13. The summed E-state index contributed by atoms with van der Waals surface area (Å²) in [5, 5.41) is 2.56. The van der Waals surface area contributed by atoms with Gasteiger partial charge in [0.15, 0.2) is 0 Å². The number of halogens is 1. The Balaban J connectivity index is 2.20. The predicted molar refractivity (Wildman–Crippen MR) is 73.9 cm³/mol. The number of hydrogen-bond acceptors (Lipinski definition) is 3. The van der Waals surface area contributed by atoms with Crippen molar-refractivity contribution in [1.82, 2.24) is 10.2 Å². The summed E-state index contributed by atoms with van der Waals surface area (Å²) in [5.74, 6) is -0.352. The Bertz CT molecular complexity index is 475. The number of rotatable bonds is 2. The topological polar surface area (TPSA) is 58.6 Å². The fourth-order valence-corrected chi connectivity index (χ4v) is 2.25. The number of ether oxygens (including phenoxy) is 1. The fraction of sp³-hybridized carbons (Fsp3) is 0.385. The minimum atomic E-state index is -0.560. The lowest BCUT2D eigenvalue weighted by Gasteiger charge is -2.34. The highest BCUT2D eigenvalue weighted by molar-refractivity contribution is 9.10. The average Bonchev–Trinajstić information content (AvgIpc) is 2.46. The number of hydrogen-bond donors (Lipinski definition) is 1. The Morgan fingerprint density at radius 2 is 2.05 bits per heavy atom. The van der Waals surface area contributed by atoms with Crippen molar-refractivity contribution >= 4 is 27.7 Å². The van der Waals surface area contributed by atoms with Gasteiger partial charge in [-0.1, -0.05) is 15.9 Å². The van der Waals surface area contributed by atoms with Crippen LogP contribution in [0.15, 0.2) is 28.7 Å². The quantitative estimate of drug-likeness (QED) is 0.883. The second kappa shape index (κ2) is 6.16. The van der Waals surface area contributed by atoms with Crippen LogP contribution in [0.5, 0.6) is 0 Å². The maximum absolute atomic E-state index is 12.4. The zero-order valence-electron chi connectivity index (χ0n) is 10.6. The molecule has 1 N–H and O–H groups in total. The van der Waals surface area contributed by atoms with E-state index in [1.807, 2.05) is 12.1 Å². The molecule has 1 fully saturated rings. The van der Waals surface area contributed by atoms with Crippen LogP contribution in [-0.4, -0.2) is 49.6 Å². The van der Waals surface area contributed by atoms with Crippen LogP contribution in [0.2, 0.25) is 0 Å². The van der Waals surface area contributed by atoms with Gasteiger partial charge in [-0.2, -0.15) is 0 Å². The Morgan fingerprint density at radius 1 is 1.37 bits per heavy atom. The molecule has 1 heterocycles. The summed E-state index contributed by atoms with van der Waals surface area (Å²) in [4.78, 5) is 25.8. The molecule has 2 rings (SSSR count). The molecule has 19 heavy (non-hydrogen) atoms. The summed E-state index contributed by atoms with van der Waals surface area (Å²) in [6.07, 6.45) is 0. The van der Waals surface area contributed by atoms with Gasteiger partial charge in [0.05, 0.1) is 13.2 Å². The summed E-state index contributed by atoms with van der Waals surface area (Å²) in [6, 6.07) is 6.53. The van der Waals surface area contributed by atoms with E-state index in [0.717, 1.165) is 4.47 Å². The lowest BCUT2D eigenvalue weighted by molar-refractivity contribution is -0.130. The average molecular weight is 327 g/mol. The lowest BCUT2D eigenvalue weighted by Crippen LogP contribution is -2.55. The molecule has 1 unspecified atom stereocenters. The third kappa shape index (κ3) is 3.13. The van der Waals surface area contributed by atoms with Crippen LogP contribution in [0.3, 0.4) is 0 Å². The van der Waals surface area contributed by atoms with Crippen LogP contribution < -0.4 is 5.32 Å². The van der Waals surface area contributed by atoms with Gasteiger partial charge in [0.1, 0.15) is 6.04 Å². The monoisotopic (exact) mass is 326 g/mol.